The Kier molecular flexibility index (Phi) is 4.19. The molecule has 1 heterocycles. The molecule has 0 spiro atoms. The SMILES string of the molecule is COc1ccc(OC)c(S(=O)(=O)Cc2cccnn2)c1. The standard InChI is InChI=1S/C13H14N2O4S/c1-18-11-5-6-12(19-2)13(8-11)20(16,17)9-10-4-3-7-14-15-10/h3-8H,9H2,1-2H3. The third kappa shape index (κ3) is 3.05. The average Bonchev–Trinajstić information content (AvgIpc) is 2.47. The van der Waals surface area contributed by atoms with Gasteiger partial charge in [-0.15, -0.1) is 0 Å². The molecule has 20 heavy (non-hydrogen) atoms. The molecule has 2 aromatic rings. The molecule has 7 heteroatoms. The van der Waals surface area contributed by atoms with E-state index in [1.165, 1.54) is 26.5 Å². The van der Waals surface area contributed by atoms with E-state index in [2.05, 4.69) is 10.2 Å². The summed E-state index contributed by atoms with van der Waals surface area (Å²) in [6.45, 7) is 0. The quantitative estimate of drug-likeness (QED) is 0.831. The molecule has 0 saturated heterocycles. The van der Waals surface area contributed by atoms with E-state index in [0.717, 1.165) is 0 Å². The van der Waals surface area contributed by atoms with Gasteiger partial charge in [0.05, 0.1) is 25.7 Å². The van der Waals surface area contributed by atoms with Crippen molar-refractivity contribution in [2.75, 3.05) is 14.2 Å². The first-order valence-corrected chi connectivity index (χ1v) is 7.43. The molecule has 0 aliphatic carbocycles. The highest BCUT2D eigenvalue weighted by Gasteiger charge is 2.22. The predicted molar refractivity (Wildman–Crippen MR) is 72.5 cm³/mol. The summed E-state index contributed by atoms with van der Waals surface area (Å²) in [7, 11) is -0.703. The molecule has 0 saturated carbocycles. The Labute approximate surface area is 117 Å². The van der Waals surface area contributed by atoms with E-state index in [4.69, 9.17) is 9.47 Å². The fourth-order valence-corrected chi connectivity index (χ4v) is 3.16. The van der Waals surface area contributed by atoms with Crippen LogP contribution < -0.4 is 9.47 Å². The lowest BCUT2D eigenvalue weighted by atomic mass is 10.3. The van der Waals surface area contributed by atoms with Crippen LogP contribution in [0.4, 0.5) is 0 Å². The number of hydrogen-bond donors (Lipinski definition) is 0. The molecule has 0 bridgehead atoms. The Morgan fingerprint density at radius 2 is 1.95 bits per heavy atom. The van der Waals surface area contributed by atoms with Gasteiger partial charge in [-0.2, -0.15) is 10.2 Å². The lowest BCUT2D eigenvalue weighted by Gasteiger charge is -2.10. The average molecular weight is 294 g/mol. The monoisotopic (exact) mass is 294 g/mol. The topological polar surface area (TPSA) is 78.4 Å². The minimum atomic E-state index is -3.60. The first kappa shape index (κ1) is 14.3. The molecule has 0 radical (unpaired) electrons. The van der Waals surface area contributed by atoms with Crippen molar-refractivity contribution in [2.24, 2.45) is 0 Å². The molecule has 0 atom stereocenters. The van der Waals surface area contributed by atoms with Gasteiger partial charge in [0.15, 0.2) is 9.84 Å². The number of ether oxygens (including phenoxy) is 2. The number of benzene rings is 1. The number of hydrogen-bond acceptors (Lipinski definition) is 6. The molecule has 1 aromatic heterocycles. The predicted octanol–water partition coefficient (Wildman–Crippen LogP) is 1.47. The highest BCUT2D eigenvalue weighted by molar-refractivity contribution is 7.90. The lowest BCUT2D eigenvalue weighted by Crippen LogP contribution is -2.08. The molecular weight excluding hydrogens is 280 g/mol. The zero-order valence-electron chi connectivity index (χ0n) is 11.1. The van der Waals surface area contributed by atoms with E-state index in [1.54, 1.807) is 24.3 Å². The van der Waals surface area contributed by atoms with Crippen LogP contribution in [0.3, 0.4) is 0 Å². The smallest absolute Gasteiger partial charge is 0.187 e. The summed E-state index contributed by atoms with van der Waals surface area (Å²) in [5, 5.41) is 7.45. The van der Waals surface area contributed by atoms with Crippen molar-refractivity contribution in [3.05, 3.63) is 42.2 Å². The largest absolute Gasteiger partial charge is 0.497 e. The zero-order chi connectivity index (χ0) is 14.6. The summed E-state index contributed by atoms with van der Waals surface area (Å²) in [4.78, 5) is 0.0741. The van der Waals surface area contributed by atoms with Gasteiger partial charge in [-0.3, -0.25) is 0 Å². The summed E-state index contributed by atoms with van der Waals surface area (Å²) in [6, 6.07) is 7.88. The van der Waals surface area contributed by atoms with Gasteiger partial charge >= 0.3 is 0 Å². The van der Waals surface area contributed by atoms with E-state index in [9.17, 15) is 8.42 Å². The summed E-state index contributed by atoms with van der Waals surface area (Å²) < 4.78 is 35.0. The fourth-order valence-electron chi connectivity index (χ4n) is 1.71. The minimum Gasteiger partial charge on any atom is -0.497 e. The van der Waals surface area contributed by atoms with E-state index in [0.29, 0.717) is 11.4 Å². The summed E-state index contributed by atoms with van der Waals surface area (Å²) in [5.41, 5.74) is 0.373. The number of nitrogens with zero attached hydrogens (tertiary/aromatic N) is 2. The molecule has 6 nitrogen and oxygen atoms in total. The second-order valence-corrected chi connectivity index (χ2v) is 5.95. The van der Waals surface area contributed by atoms with E-state index in [-0.39, 0.29) is 16.4 Å². The molecule has 106 valence electrons. The zero-order valence-corrected chi connectivity index (χ0v) is 11.9. The van der Waals surface area contributed by atoms with Crippen molar-refractivity contribution in [1.29, 1.82) is 0 Å². The summed E-state index contributed by atoms with van der Waals surface area (Å²) >= 11 is 0. The van der Waals surface area contributed by atoms with Gasteiger partial charge in [-0.25, -0.2) is 8.42 Å². The lowest BCUT2D eigenvalue weighted by molar-refractivity contribution is 0.392. The Morgan fingerprint density at radius 3 is 2.55 bits per heavy atom. The number of rotatable bonds is 5. The van der Waals surface area contributed by atoms with Crippen molar-refractivity contribution < 1.29 is 17.9 Å². The molecular formula is C13H14N2O4S. The fraction of sp³-hybridized carbons (Fsp3) is 0.231. The maximum absolute atomic E-state index is 12.4. The van der Waals surface area contributed by atoms with Crippen molar-refractivity contribution in [2.45, 2.75) is 10.6 Å². The molecule has 2 rings (SSSR count). The van der Waals surface area contributed by atoms with Crippen LogP contribution in [0.2, 0.25) is 0 Å². The van der Waals surface area contributed by atoms with Crippen LogP contribution in [0.1, 0.15) is 5.69 Å². The molecule has 1 aromatic carbocycles. The molecule has 0 fully saturated rings. The second kappa shape index (κ2) is 5.87. The van der Waals surface area contributed by atoms with E-state index in [1.807, 2.05) is 0 Å². The summed E-state index contributed by atoms with van der Waals surface area (Å²) in [6.07, 6.45) is 1.49. The van der Waals surface area contributed by atoms with Crippen molar-refractivity contribution in [1.82, 2.24) is 10.2 Å². The number of methoxy groups -OCH3 is 2. The highest BCUT2D eigenvalue weighted by Crippen LogP contribution is 2.30. The Bertz CT molecular complexity index is 687. The maximum atomic E-state index is 12.4. The van der Waals surface area contributed by atoms with Crippen LogP contribution in [-0.4, -0.2) is 32.8 Å². The van der Waals surface area contributed by atoms with Crippen molar-refractivity contribution in [3.8, 4) is 11.5 Å². The third-order valence-electron chi connectivity index (χ3n) is 2.67. The van der Waals surface area contributed by atoms with Gasteiger partial charge in [-0.05, 0) is 24.3 Å². The van der Waals surface area contributed by atoms with Crippen LogP contribution >= 0.6 is 0 Å². The van der Waals surface area contributed by atoms with Gasteiger partial charge in [0, 0.05) is 12.3 Å². The Balaban J connectivity index is 2.43. The normalized spacial score (nSPS) is 11.1. The molecule has 0 aliphatic rings. The second-order valence-electron chi connectivity index (χ2n) is 3.99. The van der Waals surface area contributed by atoms with Gasteiger partial charge in [0.2, 0.25) is 0 Å². The Morgan fingerprint density at radius 1 is 1.15 bits per heavy atom. The molecule has 0 unspecified atom stereocenters. The molecule has 0 aliphatic heterocycles. The van der Waals surface area contributed by atoms with E-state index >= 15 is 0 Å². The Hall–Kier alpha value is -2.15. The first-order chi connectivity index (χ1) is 9.56. The van der Waals surface area contributed by atoms with Crippen LogP contribution in [0.15, 0.2) is 41.4 Å². The first-order valence-electron chi connectivity index (χ1n) is 5.78. The van der Waals surface area contributed by atoms with Crippen LogP contribution in [0, 0.1) is 0 Å². The summed E-state index contributed by atoms with van der Waals surface area (Å²) in [5.74, 6) is 0.475. The minimum absolute atomic E-state index is 0.0741. The van der Waals surface area contributed by atoms with Gasteiger partial charge < -0.3 is 9.47 Å². The third-order valence-corrected chi connectivity index (χ3v) is 4.34. The van der Waals surface area contributed by atoms with Crippen LogP contribution in [-0.2, 0) is 15.6 Å². The van der Waals surface area contributed by atoms with Gasteiger partial charge in [0.25, 0.3) is 0 Å². The maximum Gasteiger partial charge on any atom is 0.187 e. The van der Waals surface area contributed by atoms with Crippen molar-refractivity contribution in [3.63, 3.8) is 0 Å². The number of sulfone groups is 1. The molecule has 0 amide bonds. The van der Waals surface area contributed by atoms with Crippen LogP contribution in [0.5, 0.6) is 11.5 Å². The van der Waals surface area contributed by atoms with Gasteiger partial charge in [-0.1, -0.05) is 0 Å². The highest BCUT2D eigenvalue weighted by atomic mass is 32.2. The van der Waals surface area contributed by atoms with Gasteiger partial charge in [0.1, 0.15) is 16.4 Å². The molecule has 0 N–H and O–H groups in total. The van der Waals surface area contributed by atoms with Crippen molar-refractivity contribution >= 4 is 9.84 Å². The van der Waals surface area contributed by atoms with Crippen LogP contribution in [0.25, 0.3) is 0 Å². The number of aromatic nitrogens is 2. The van der Waals surface area contributed by atoms with E-state index < -0.39 is 9.84 Å².